The van der Waals surface area contributed by atoms with Crippen molar-refractivity contribution in [3.63, 3.8) is 0 Å². The molecule has 0 radical (unpaired) electrons. The molecule has 0 amide bonds. The average molecular weight is 473 g/mol. The minimum absolute atomic E-state index is 0.168. The first-order valence-electron chi connectivity index (χ1n) is 14.0. The van der Waals surface area contributed by atoms with Crippen LogP contribution in [0.15, 0.2) is 11.1 Å². The molecule has 3 fully saturated rings. The van der Waals surface area contributed by atoms with Gasteiger partial charge in [0.05, 0.1) is 5.41 Å². The Labute approximate surface area is 207 Å². The van der Waals surface area contributed by atoms with Gasteiger partial charge in [-0.15, -0.1) is 0 Å². The van der Waals surface area contributed by atoms with Gasteiger partial charge in [-0.3, -0.25) is 4.79 Å². The number of carboxylic acid groups (broad SMARTS) is 1. The Morgan fingerprint density at radius 1 is 1.06 bits per heavy atom. The topological polar surface area (TPSA) is 63.6 Å². The number of rotatable bonds is 6. The van der Waals surface area contributed by atoms with E-state index in [0.717, 1.165) is 32.1 Å². The number of carbonyl (C=O) groups is 2. The van der Waals surface area contributed by atoms with Gasteiger partial charge in [-0.2, -0.15) is 0 Å². The number of ketones is 1. The lowest BCUT2D eigenvalue weighted by molar-refractivity contribution is -0.146. The first kappa shape index (κ1) is 25.8. The third-order valence-electron chi connectivity index (χ3n) is 11.6. The fourth-order valence-corrected chi connectivity index (χ4v) is 9.60. The van der Waals surface area contributed by atoms with Crippen molar-refractivity contribution in [3.05, 3.63) is 11.1 Å². The molecule has 0 heterocycles. The largest absolute Gasteiger partial charge is 0.506 e. The summed E-state index contributed by atoms with van der Waals surface area (Å²) in [6.07, 6.45) is 9.78. The van der Waals surface area contributed by atoms with Gasteiger partial charge >= 0.3 is 6.16 Å². The van der Waals surface area contributed by atoms with Crippen LogP contribution in [0, 0.1) is 45.8 Å². The maximum atomic E-state index is 13.1. The molecule has 8 unspecified atom stereocenters. The fourth-order valence-electron chi connectivity index (χ4n) is 9.60. The number of hydrogen-bond donors (Lipinski definition) is 1. The quantitative estimate of drug-likeness (QED) is 0.314. The van der Waals surface area contributed by atoms with Gasteiger partial charge in [0.1, 0.15) is 11.9 Å². The Bertz CT molecular complexity index is 858. The van der Waals surface area contributed by atoms with Crippen molar-refractivity contribution in [1.29, 1.82) is 0 Å². The van der Waals surface area contributed by atoms with E-state index in [1.54, 1.807) is 11.1 Å². The molecular formula is C30H48O4. The first-order chi connectivity index (χ1) is 15.9. The lowest BCUT2D eigenvalue weighted by atomic mass is 9.40. The lowest BCUT2D eigenvalue weighted by Crippen LogP contribution is -2.57. The van der Waals surface area contributed by atoms with Crippen LogP contribution in [-0.2, 0) is 9.53 Å². The highest BCUT2D eigenvalue weighted by Crippen LogP contribution is 2.70. The summed E-state index contributed by atoms with van der Waals surface area (Å²) in [5, 5.41) is 9.04. The zero-order valence-corrected chi connectivity index (χ0v) is 22.7. The molecule has 0 aromatic carbocycles. The molecule has 34 heavy (non-hydrogen) atoms. The van der Waals surface area contributed by atoms with Crippen molar-refractivity contribution in [1.82, 2.24) is 0 Å². The van der Waals surface area contributed by atoms with Gasteiger partial charge in [0.25, 0.3) is 0 Å². The van der Waals surface area contributed by atoms with Crippen molar-refractivity contribution < 1.29 is 19.4 Å². The van der Waals surface area contributed by atoms with Crippen LogP contribution in [0.1, 0.15) is 113 Å². The Hall–Kier alpha value is -1.32. The predicted octanol–water partition coefficient (Wildman–Crippen LogP) is 8.05. The molecule has 1 N–H and O–H groups in total. The monoisotopic (exact) mass is 472 g/mol. The van der Waals surface area contributed by atoms with Crippen LogP contribution in [0.5, 0.6) is 0 Å². The second kappa shape index (κ2) is 8.96. The van der Waals surface area contributed by atoms with Crippen molar-refractivity contribution in [2.75, 3.05) is 0 Å². The summed E-state index contributed by atoms with van der Waals surface area (Å²) in [4.78, 5) is 24.1. The number of carbonyl (C=O) groups excluding carboxylic acids is 1. The van der Waals surface area contributed by atoms with E-state index in [1.165, 1.54) is 32.1 Å². The zero-order chi connectivity index (χ0) is 25.1. The second-order valence-electron chi connectivity index (χ2n) is 13.3. The van der Waals surface area contributed by atoms with Crippen LogP contribution in [0.4, 0.5) is 4.79 Å². The SMILES string of the molecule is CC(=O)C12CCC(C(C)C)=C1C1CCC3C(C)(CCC(C)OC(=O)O)C(C)CCC3(C)C1CC2. The van der Waals surface area contributed by atoms with Crippen LogP contribution in [0.2, 0.25) is 0 Å². The molecule has 4 aliphatic carbocycles. The number of hydrogen-bond acceptors (Lipinski definition) is 3. The summed E-state index contributed by atoms with van der Waals surface area (Å²) in [6, 6.07) is 0. The minimum atomic E-state index is -1.17. The van der Waals surface area contributed by atoms with E-state index >= 15 is 0 Å². The highest BCUT2D eigenvalue weighted by atomic mass is 16.7. The maximum absolute atomic E-state index is 13.1. The summed E-state index contributed by atoms with van der Waals surface area (Å²) in [7, 11) is 0. The summed E-state index contributed by atoms with van der Waals surface area (Å²) in [5.74, 6) is 3.48. The first-order valence-corrected chi connectivity index (χ1v) is 14.0. The molecule has 4 rings (SSSR count). The summed E-state index contributed by atoms with van der Waals surface area (Å²) in [5.41, 5.74) is 3.53. The standard InChI is InChI=1S/C30H48O4/c1-18(2)22-12-16-30(21(5)31)17-13-24-23(26(22)30)8-9-25-28(6,15-11-20(4)34-27(32)33)19(3)10-14-29(24,25)7/h18-20,23-25H,8-17H2,1-7H3,(H,32,33). The smallest absolute Gasteiger partial charge is 0.450 e. The third kappa shape index (κ3) is 3.86. The molecule has 3 saturated carbocycles. The van der Waals surface area contributed by atoms with Crippen molar-refractivity contribution in [2.24, 2.45) is 45.8 Å². The van der Waals surface area contributed by atoms with Gasteiger partial charge < -0.3 is 9.84 Å². The highest BCUT2D eigenvalue weighted by molar-refractivity contribution is 5.87. The number of Topliss-reactive ketones (excluding diaryl/α,β-unsaturated/α-hetero) is 1. The Morgan fingerprint density at radius 3 is 2.38 bits per heavy atom. The normalized spacial score (nSPS) is 42.6. The van der Waals surface area contributed by atoms with Gasteiger partial charge in [0.15, 0.2) is 0 Å². The third-order valence-corrected chi connectivity index (χ3v) is 11.6. The van der Waals surface area contributed by atoms with Crippen LogP contribution >= 0.6 is 0 Å². The van der Waals surface area contributed by atoms with Gasteiger partial charge in [-0.1, -0.05) is 45.8 Å². The maximum Gasteiger partial charge on any atom is 0.506 e. The second-order valence-corrected chi connectivity index (χ2v) is 13.3. The van der Waals surface area contributed by atoms with Crippen LogP contribution in [-0.4, -0.2) is 23.1 Å². The molecule has 0 bridgehead atoms. The number of ether oxygens (including phenoxy) is 1. The van der Waals surface area contributed by atoms with Gasteiger partial charge in [0.2, 0.25) is 0 Å². The Kier molecular flexibility index (Phi) is 6.79. The van der Waals surface area contributed by atoms with Crippen LogP contribution < -0.4 is 0 Å². The molecular weight excluding hydrogens is 424 g/mol. The van der Waals surface area contributed by atoms with Gasteiger partial charge in [0, 0.05) is 0 Å². The van der Waals surface area contributed by atoms with Crippen LogP contribution in [0.25, 0.3) is 0 Å². The molecule has 0 saturated heterocycles. The van der Waals surface area contributed by atoms with E-state index in [-0.39, 0.29) is 16.9 Å². The molecule has 192 valence electrons. The average Bonchev–Trinajstić information content (AvgIpc) is 3.17. The van der Waals surface area contributed by atoms with E-state index in [1.807, 2.05) is 13.8 Å². The fraction of sp³-hybridized carbons (Fsp3) is 0.867. The van der Waals surface area contributed by atoms with Crippen molar-refractivity contribution >= 4 is 11.9 Å². The molecule has 0 spiro atoms. The zero-order valence-electron chi connectivity index (χ0n) is 22.7. The number of allylic oxidation sites excluding steroid dienone is 2. The summed E-state index contributed by atoms with van der Waals surface area (Å²) in [6.45, 7) is 15.9. The molecule has 0 aromatic heterocycles. The summed E-state index contributed by atoms with van der Waals surface area (Å²) >= 11 is 0. The predicted molar refractivity (Wildman–Crippen MR) is 136 cm³/mol. The van der Waals surface area contributed by atoms with E-state index in [9.17, 15) is 9.59 Å². The molecule has 0 aliphatic heterocycles. The van der Waals surface area contributed by atoms with E-state index < -0.39 is 6.16 Å². The number of fused-ring (bicyclic) bond motifs is 5. The van der Waals surface area contributed by atoms with E-state index in [4.69, 9.17) is 9.84 Å². The van der Waals surface area contributed by atoms with Crippen LogP contribution in [0.3, 0.4) is 0 Å². The van der Waals surface area contributed by atoms with Crippen molar-refractivity contribution in [3.8, 4) is 0 Å². The molecule has 4 nitrogen and oxygen atoms in total. The molecule has 8 atom stereocenters. The highest BCUT2D eigenvalue weighted by Gasteiger charge is 2.62. The molecule has 0 aromatic rings. The lowest BCUT2D eigenvalue weighted by Gasteiger charge is -2.65. The molecule has 4 aliphatic rings. The van der Waals surface area contributed by atoms with Crippen molar-refractivity contribution in [2.45, 2.75) is 119 Å². The summed E-state index contributed by atoms with van der Waals surface area (Å²) < 4.78 is 5.06. The van der Waals surface area contributed by atoms with E-state index in [0.29, 0.717) is 40.8 Å². The molecule has 4 heteroatoms. The van der Waals surface area contributed by atoms with E-state index in [2.05, 4.69) is 34.6 Å². The van der Waals surface area contributed by atoms with Gasteiger partial charge in [-0.05, 0) is 118 Å². The Balaban J connectivity index is 1.65. The Morgan fingerprint density at radius 2 is 1.76 bits per heavy atom. The van der Waals surface area contributed by atoms with Gasteiger partial charge in [-0.25, -0.2) is 4.79 Å². The minimum Gasteiger partial charge on any atom is -0.450 e.